The Labute approximate surface area is 129 Å². The quantitative estimate of drug-likeness (QED) is 0.871. The molecule has 106 valence electrons. The molecule has 0 saturated carbocycles. The third kappa shape index (κ3) is 3.00. The zero-order valence-corrected chi connectivity index (χ0v) is 13.3. The van der Waals surface area contributed by atoms with Crippen LogP contribution in [0.4, 0.5) is 17.3 Å². The average Bonchev–Trinajstić information content (AvgIpc) is 2.42. The van der Waals surface area contributed by atoms with E-state index in [1.165, 1.54) is 0 Å². The molecule has 1 aromatic carbocycles. The van der Waals surface area contributed by atoms with Gasteiger partial charge in [0.2, 0.25) is 0 Å². The van der Waals surface area contributed by atoms with E-state index in [2.05, 4.69) is 23.3 Å². The van der Waals surface area contributed by atoms with Gasteiger partial charge < -0.3 is 10.2 Å². The Morgan fingerprint density at radius 1 is 1.20 bits per heavy atom. The van der Waals surface area contributed by atoms with Gasteiger partial charge >= 0.3 is 0 Å². The fourth-order valence-electron chi connectivity index (χ4n) is 2.04. The first kappa shape index (κ1) is 14.9. The minimum Gasteiger partial charge on any atom is -0.369 e. The number of hydrogen-bond acceptors (Lipinski definition) is 3. The first-order chi connectivity index (χ1) is 9.54. The SMILES string of the molecule is CCNc1nc(N(C)c2ccccc2C)c(Cl)cc1Cl. The van der Waals surface area contributed by atoms with Crippen LogP contribution in [0.3, 0.4) is 0 Å². The third-order valence-corrected chi connectivity index (χ3v) is 3.62. The summed E-state index contributed by atoms with van der Waals surface area (Å²) in [6.45, 7) is 4.81. The normalized spacial score (nSPS) is 10.4. The molecule has 1 heterocycles. The van der Waals surface area contributed by atoms with Crippen molar-refractivity contribution in [3.05, 3.63) is 45.9 Å². The Kier molecular flexibility index (Phi) is 4.73. The molecule has 0 aliphatic heterocycles. The minimum absolute atomic E-state index is 0.527. The van der Waals surface area contributed by atoms with Gasteiger partial charge in [-0.05, 0) is 31.5 Å². The second-order valence-corrected chi connectivity index (χ2v) is 5.31. The van der Waals surface area contributed by atoms with Crippen LogP contribution in [-0.2, 0) is 0 Å². The molecule has 3 nitrogen and oxygen atoms in total. The van der Waals surface area contributed by atoms with Gasteiger partial charge in [-0.1, -0.05) is 41.4 Å². The molecule has 2 rings (SSSR count). The second kappa shape index (κ2) is 6.33. The van der Waals surface area contributed by atoms with E-state index in [0.717, 1.165) is 17.8 Å². The fourth-order valence-corrected chi connectivity index (χ4v) is 2.59. The summed E-state index contributed by atoms with van der Waals surface area (Å²) in [7, 11) is 1.94. The topological polar surface area (TPSA) is 28.2 Å². The van der Waals surface area contributed by atoms with Gasteiger partial charge in [0.05, 0.1) is 10.0 Å². The van der Waals surface area contributed by atoms with E-state index in [1.54, 1.807) is 6.07 Å². The highest BCUT2D eigenvalue weighted by Crippen LogP contribution is 2.35. The standard InChI is InChI=1S/C15H17Cl2N3/c1-4-18-14-11(16)9-12(17)15(19-14)20(3)13-8-6-5-7-10(13)2/h5-9H,4H2,1-3H3,(H,18,19). The molecule has 0 aliphatic rings. The number of aryl methyl sites for hydroxylation is 1. The zero-order valence-electron chi connectivity index (χ0n) is 11.7. The Morgan fingerprint density at radius 3 is 2.55 bits per heavy atom. The van der Waals surface area contributed by atoms with Crippen molar-refractivity contribution in [3.63, 3.8) is 0 Å². The minimum atomic E-state index is 0.527. The van der Waals surface area contributed by atoms with Crippen molar-refractivity contribution < 1.29 is 0 Å². The van der Waals surface area contributed by atoms with Gasteiger partial charge in [-0.2, -0.15) is 0 Å². The van der Waals surface area contributed by atoms with Crippen molar-refractivity contribution >= 4 is 40.5 Å². The molecule has 2 aromatic rings. The molecule has 0 spiro atoms. The molecule has 0 saturated heterocycles. The number of rotatable bonds is 4. The smallest absolute Gasteiger partial charge is 0.154 e. The number of anilines is 3. The number of para-hydroxylation sites is 1. The molecule has 0 atom stereocenters. The van der Waals surface area contributed by atoms with E-state index in [9.17, 15) is 0 Å². The van der Waals surface area contributed by atoms with Crippen molar-refractivity contribution in [2.45, 2.75) is 13.8 Å². The third-order valence-electron chi connectivity index (χ3n) is 3.05. The van der Waals surface area contributed by atoms with E-state index >= 15 is 0 Å². The van der Waals surface area contributed by atoms with Gasteiger partial charge in [-0.3, -0.25) is 0 Å². The van der Waals surface area contributed by atoms with Crippen LogP contribution in [0.2, 0.25) is 10.0 Å². The van der Waals surface area contributed by atoms with E-state index in [1.807, 2.05) is 37.1 Å². The predicted molar refractivity (Wildman–Crippen MR) is 87.7 cm³/mol. The summed E-state index contributed by atoms with van der Waals surface area (Å²) in [5.41, 5.74) is 2.22. The van der Waals surface area contributed by atoms with Crippen molar-refractivity contribution in [1.82, 2.24) is 4.98 Å². The number of halogens is 2. The maximum absolute atomic E-state index is 6.28. The molecule has 0 bridgehead atoms. The molecule has 0 radical (unpaired) electrons. The van der Waals surface area contributed by atoms with Crippen LogP contribution in [0.15, 0.2) is 30.3 Å². The lowest BCUT2D eigenvalue weighted by molar-refractivity contribution is 1.09. The van der Waals surface area contributed by atoms with Crippen molar-refractivity contribution in [2.75, 3.05) is 23.8 Å². The Bertz CT molecular complexity index is 614. The lowest BCUT2D eigenvalue weighted by Crippen LogP contribution is -2.14. The second-order valence-electron chi connectivity index (χ2n) is 4.50. The van der Waals surface area contributed by atoms with Gasteiger partial charge in [0.25, 0.3) is 0 Å². The van der Waals surface area contributed by atoms with E-state index in [0.29, 0.717) is 21.7 Å². The lowest BCUT2D eigenvalue weighted by Gasteiger charge is -2.22. The zero-order chi connectivity index (χ0) is 14.7. The summed E-state index contributed by atoms with van der Waals surface area (Å²) in [5, 5.41) is 4.19. The number of benzene rings is 1. The van der Waals surface area contributed by atoms with Gasteiger partial charge in [-0.25, -0.2) is 4.98 Å². The summed E-state index contributed by atoms with van der Waals surface area (Å²) < 4.78 is 0. The largest absolute Gasteiger partial charge is 0.369 e. The summed E-state index contributed by atoms with van der Waals surface area (Å²) in [5.74, 6) is 1.33. The first-order valence-corrected chi connectivity index (χ1v) is 7.19. The van der Waals surface area contributed by atoms with E-state index < -0.39 is 0 Å². The van der Waals surface area contributed by atoms with Crippen LogP contribution in [0.1, 0.15) is 12.5 Å². The number of pyridine rings is 1. The van der Waals surface area contributed by atoms with Crippen LogP contribution in [-0.4, -0.2) is 18.6 Å². The molecule has 5 heteroatoms. The molecule has 0 fully saturated rings. The number of nitrogens with zero attached hydrogens (tertiary/aromatic N) is 2. The number of hydrogen-bond donors (Lipinski definition) is 1. The molecule has 1 N–H and O–H groups in total. The van der Waals surface area contributed by atoms with Crippen LogP contribution in [0, 0.1) is 6.92 Å². The molecular formula is C15H17Cl2N3. The lowest BCUT2D eigenvalue weighted by atomic mass is 10.2. The van der Waals surface area contributed by atoms with Gasteiger partial charge in [0, 0.05) is 19.3 Å². The van der Waals surface area contributed by atoms with E-state index in [4.69, 9.17) is 23.2 Å². The van der Waals surface area contributed by atoms with E-state index in [-0.39, 0.29) is 0 Å². The maximum Gasteiger partial charge on any atom is 0.154 e. The Balaban J connectivity index is 2.46. The molecule has 0 amide bonds. The van der Waals surface area contributed by atoms with Crippen molar-refractivity contribution in [1.29, 1.82) is 0 Å². The van der Waals surface area contributed by atoms with Crippen LogP contribution < -0.4 is 10.2 Å². The van der Waals surface area contributed by atoms with Crippen molar-refractivity contribution in [2.24, 2.45) is 0 Å². The highest BCUT2D eigenvalue weighted by atomic mass is 35.5. The summed E-state index contributed by atoms with van der Waals surface area (Å²) in [4.78, 5) is 6.50. The summed E-state index contributed by atoms with van der Waals surface area (Å²) >= 11 is 12.4. The summed E-state index contributed by atoms with van der Waals surface area (Å²) in [6, 6.07) is 9.81. The van der Waals surface area contributed by atoms with Gasteiger partial charge in [0.15, 0.2) is 5.82 Å². The summed E-state index contributed by atoms with van der Waals surface area (Å²) in [6.07, 6.45) is 0. The molecule has 0 aliphatic carbocycles. The Morgan fingerprint density at radius 2 is 1.90 bits per heavy atom. The Hall–Kier alpha value is -1.45. The number of nitrogens with one attached hydrogen (secondary N) is 1. The van der Waals surface area contributed by atoms with Crippen LogP contribution in [0.25, 0.3) is 0 Å². The molecule has 20 heavy (non-hydrogen) atoms. The monoisotopic (exact) mass is 309 g/mol. The maximum atomic E-state index is 6.28. The molecule has 1 aromatic heterocycles. The highest BCUT2D eigenvalue weighted by Gasteiger charge is 2.15. The molecular weight excluding hydrogens is 293 g/mol. The first-order valence-electron chi connectivity index (χ1n) is 6.43. The van der Waals surface area contributed by atoms with Crippen LogP contribution in [0.5, 0.6) is 0 Å². The van der Waals surface area contributed by atoms with Gasteiger partial charge in [-0.15, -0.1) is 0 Å². The highest BCUT2D eigenvalue weighted by molar-refractivity contribution is 6.37. The van der Waals surface area contributed by atoms with Gasteiger partial charge in [0.1, 0.15) is 5.82 Å². The van der Waals surface area contributed by atoms with Crippen molar-refractivity contribution in [3.8, 4) is 0 Å². The fraction of sp³-hybridized carbons (Fsp3) is 0.267. The predicted octanol–water partition coefficient (Wildman–Crippen LogP) is 4.90. The average molecular weight is 310 g/mol. The van der Waals surface area contributed by atoms with Crippen LogP contribution >= 0.6 is 23.2 Å². The number of aromatic nitrogens is 1. The molecule has 0 unspecified atom stereocenters.